The highest BCUT2D eigenvalue weighted by molar-refractivity contribution is 5.78. The Morgan fingerprint density at radius 2 is 1.93 bits per heavy atom. The van der Waals surface area contributed by atoms with E-state index in [0.717, 1.165) is 76.5 Å². The number of likely N-dealkylation sites (tertiary alicyclic amines) is 1. The third-order valence-electron chi connectivity index (χ3n) is 6.94. The first-order chi connectivity index (χ1) is 14.0. The minimum absolute atomic E-state index is 0.0512. The largest absolute Gasteiger partial charge is 0.460 e. The van der Waals surface area contributed by atoms with Gasteiger partial charge in [0.1, 0.15) is 6.61 Å². The van der Waals surface area contributed by atoms with E-state index in [1.165, 1.54) is 12.8 Å². The van der Waals surface area contributed by atoms with Crippen LogP contribution in [0.2, 0.25) is 0 Å². The van der Waals surface area contributed by atoms with Gasteiger partial charge in [-0.2, -0.15) is 0 Å². The van der Waals surface area contributed by atoms with Gasteiger partial charge in [0.05, 0.1) is 12.0 Å². The molecule has 3 fully saturated rings. The number of nitrogens with zero attached hydrogens (tertiary/aromatic N) is 1. The van der Waals surface area contributed by atoms with Gasteiger partial charge in [0.15, 0.2) is 0 Å². The number of allylic oxidation sites excluding steroid dienone is 2. The zero-order valence-corrected chi connectivity index (χ0v) is 18.1. The first-order valence-corrected chi connectivity index (χ1v) is 11.1. The standard InChI is InChI=1S/C24H38N2O3/c1-4-7-20(5-2)16-29-22(27)24(10-6-11-24)18-26-14-12-23(13-15-26,19-28-3)17-25-21-8-9-21/h4-5,7,21,25H,1-2,6,8-19H2,3H3/b20-7+. The summed E-state index contributed by atoms with van der Waals surface area (Å²) in [5.74, 6) is -0.0512. The number of carbonyl (C=O) groups is 1. The molecule has 1 aliphatic heterocycles. The van der Waals surface area contributed by atoms with Gasteiger partial charge in [-0.25, -0.2) is 0 Å². The minimum Gasteiger partial charge on any atom is -0.460 e. The summed E-state index contributed by atoms with van der Waals surface area (Å²) in [5.41, 5.74) is 0.789. The molecule has 1 N–H and O–H groups in total. The highest BCUT2D eigenvalue weighted by atomic mass is 16.5. The Labute approximate surface area is 176 Å². The molecule has 3 rings (SSSR count). The molecule has 5 nitrogen and oxygen atoms in total. The predicted octanol–water partition coefficient (Wildman–Crippen LogP) is 3.48. The van der Waals surface area contributed by atoms with Crippen molar-refractivity contribution in [2.45, 2.75) is 51.0 Å². The SMILES string of the molecule is C=C/C=C(\C=C)COC(=O)C1(CN2CCC(CNC3CC3)(COC)CC2)CCC1. The molecular formula is C24H38N2O3. The van der Waals surface area contributed by atoms with E-state index in [0.29, 0.717) is 0 Å². The molecule has 2 aliphatic carbocycles. The van der Waals surface area contributed by atoms with Gasteiger partial charge in [0, 0.05) is 31.7 Å². The lowest BCUT2D eigenvalue weighted by Crippen LogP contribution is -2.53. The van der Waals surface area contributed by atoms with Crippen molar-refractivity contribution in [3.05, 3.63) is 37.0 Å². The van der Waals surface area contributed by atoms with Crippen LogP contribution in [0.15, 0.2) is 37.0 Å². The van der Waals surface area contributed by atoms with Gasteiger partial charge in [-0.15, -0.1) is 0 Å². The van der Waals surface area contributed by atoms with Crippen molar-refractivity contribution in [3.63, 3.8) is 0 Å². The second-order valence-electron chi connectivity index (χ2n) is 9.26. The van der Waals surface area contributed by atoms with Gasteiger partial charge in [0.2, 0.25) is 0 Å². The molecule has 2 saturated carbocycles. The van der Waals surface area contributed by atoms with E-state index >= 15 is 0 Å². The Bertz CT molecular complexity index is 612. The summed E-state index contributed by atoms with van der Waals surface area (Å²) < 4.78 is 11.2. The fourth-order valence-corrected chi connectivity index (χ4v) is 4.60. The molecule has 0 aromatic heterocycles. The molecule has 162 valence electrons. The highest BCUT2D eigenvalue weighted by Gasteiger charge is 2.48. The van der Waals surface area contributed by atoms with Gasteiger partial charge in [0.25, 0.3) is 0 Å². The third-order valence-corrected chi connectivity index (χ3v) is 6.94. The molecule has 1 heterocycles. The number of esters is 1. The van der Waals surface area contributed by atoms with E-state index in [1.807, 2.05) is 13.2 Å². The molecule has 1 saturated heterocycles. The van der Waals surface area contributed by atoms with Gasteiger partial charge < -0.3 is 19.7 Å². The van der Waals surface area contributed by atoms with Crippen LogP contribution in [0.1, 0.15) is 44.9 Å². The molecule has 0 unspecified atom stereocenters. The Morgan fingerprint density at radius 1 is 1.21 bits per heavy atom. The summed E-state index contributed by atoms with van der Waals surface area (Å²) in [6.45, 7) is 12.5. The molecule has 0 aromatic rings. The summed E-state index contributed by atoms with van der Waals surface area (Å²) in [4.78, 5) is 15.4. The molecule has 0 bridgehead atoms. The topological polar surface area (TPSA) is 50.8 Å². The average molecular weight is 403 g/mol. The number of hydrogen-bond acceptors (Lipinski definition) is 5. The quantitative estimate of drug-likeness (QED) is 0.400. The molecule has 0 aromatic carbocycles. The van der Waals surface area contributed by atoms with E-state index in [2.05, 4.69) is 23.4 Å². The molecule has 0 atom stereocenters. The maximum absolute atomic E-state index is 12.9. The monoisotopic (exact) mass is 402 g/mol. The number of carbonyl (C=O) groups excluding carboxylic acids is 1. The van der Waals surface area contributed by atoms with Crippen LogP contribution < -0.4 is 5.32 Å². The molecule has 0 spiro atoms. The Balaban J connectivity index is 1.51. The summed E-state index contributed by atoms with van der Waals surface area (Å²) in [6, 6.07) is 0.727. The maximum Gasteiger partial charge on any atom is 0.313 e. The molecule has 0 amide bonds. The summed E-state index contributed by atoms with van der Waals surface area (Å²) in [7, 11) is 1.81. The van der Waals surface area contributed by atoms with Crippen molar-refractivity contribution in [2.24, 2.45) is 10.8 Å². The molecule has 0 radical (unpaired) electrons. The van der Waals surface area contributed by atoms with Gasteiger partial charge in [-0.1, -0.05) is 37.8 Å². The normalized spacial score (nSPS) is 23.8. The Morgan fingerprint density at radius 3 is 2.45 bits per heavy atom. The van der Waals surface area contributed by atoms with E-state index < -0.39 is 0 Å². The van der Waals surface area contributed by atoms with Crippen LogP contribution in [-0.4, -0.2) is 63.4 Å². The van der Waals surface area contributed by atoms with Crippen LogP contribution in [-0.2, 0) is 14.3 Å². The van der Waals surface area contributed by atoms with Crippen molar-refractivity contribution in [3.8, 4) is 0 Å². The average Bonchev–Trinajstić information content (AvgIpc) is 3.52. The van der Waals surface area contributed by atoms with E-state index in [4.69, 9.17) is 9.47 Å². The van der Waals surface area contributed by atoms with Crippen LogP contribution in [0.25, 0.3) is 0 Å². The molecular weight excluding hydrogens is 364 g/mol. The van der Waals surface area contributed by atoms with Crippen molar-refractivity contribution in [1.82, 2.24) is 10.2 Å². The smallest absolute Gasteiger partial charge is 0.313 e. The summed E-state index contributed by atoms with van der Waals surface area (Å²) in [6.07, 6.45) is 13.1. The number of hydrogen-bond donors (Lipinski definition) is 1. The van der Waals surface area contributed by atoms with Crippen LogP contribution in [0, 0.1) is 10.8 Å². The minimum atomic E-state index is -0.325. The van der Waals surface area contributed by atoms with Gasteiger partial charge >= 0.3 is 5.97 Å². The lowest BCUT2D eigenvalue weighted by atomic mass is 9.67. The molecule has 29 heavy (non-hydrogen) atoms. The third kappa shape index (κ3) is 5.80. The van der Waals surface area contributed by atoms with Crippen molar-refractivity contribution < 1.29 is 14.3 Å². The van der Waals surface area contributed by atoms with Crippen LogP contribution in [0.5, 0.6) is 0 Å². The van der Waals surface area contributed by atoms with Crippen molar-refractivity contribution in [2.75, 3.05) is 46.5 Å². The zero-order chi connectivity index (χ0) is 20.7. The lowest BCUT2D eigenvalue weighted by molar-refractivity contribution is -0.163. The Kier molecular flexibility index (Phi) is 7.72. The van der Waals surface area contributed by atoms with Crippen molar-refractivity contribution >= 4 is 5.97 Å². The van der Waals surface area contributed by atoms with E-state index in [9.17, 15) is 4.79 Å². The van der Waals surface area contributed by atoms with E-state index in [1.54, 1.807) is 12.2 Å². The number of nitrogens with one attached hydrogen (secondary N) is 1. The lowest BCUT2D eigenvalue weighted by Gasteiger charge is -2.47. The molecule has 5 heteroatoms. The Hall–Kier alpha value is -1.43. The second kappa shape index (κ2) is 10.1. The fourth-order valence-electron chi connectivity index (χ4n) is 4.60. The zero-order valence-electron chi connectivity index (χ0n) is 18.1. The number of piperidine rings is 1. The fraction of sp³-hybridized carbons (Fsp3) is 0.708. The van der Waals surface area contributed by atoms with Gasteiger partial charge in [-0.05, 0) is 57.2 Å². The first-order valence-electron chi connectivity index (χ1n) is 11.1. The number of rotatable bonds is 12. The maximum atomic E-state index is 12.9. The summed E-state index contributed by atoms with van der Waals surface area (Å²) in [5, 5.41) is 3.71. The second-order valence-corrected chi connectivity index (χ2v) is 9.26. The van der Waals surface area contributed by atoms with Gasteiger partial charge in [-0.3, -0.25) is 4.79 Å². The summed E-state index contributed by atoms with van der Waals surface area (Å²) >= 11 is 0. The highest BCUT2D eigenvalue weighted by Crippen LogP contribution is 2.44. The van der Waals surface area contributed by atoms with Crippen LogP contribution in [0.4, 0.5) is 0 Å². The van der Waals surface area contributed by atoms with E-state index in [-0.39, 0.29) is 23.4 Å². The number of methoxy groups -OCH3 is 1. The van der Waals surface area contributed by atoms with Crippen LogP contribution >= 0.6 is 0 Å². The first kappa shape index (κ1) is 22.3. The van der Waals surface area contributed by atoms with Crippen molar-refractivity contribution in [1.29, 1.82) is 0 Å². The van der Waals surface area contributed by atoms with Crippen LogP contribution in [0.3, 0.4) is 0 Å². The molecule has 3 aliphatic rings. The number of ether oxygens (including phenoxy) is 2. The predicted molar refractivity (Wildman–Crippen MR) is 117 cm³/mol.